The standard InChI is InChI=1S/C31H40N6O4Si/c1-21-9-8-10-24(33-21)25-19-26(27-29(35-25)37(15-16-40-27)30(38)41-31(2,3)4)34-23-11-13-32-28-22(23)12-14-36(28)20-39-17-18-42(5,6)7/h8-14,19H,15-18,20H2,1-7H3,(H,32,34,35)/q-1. The van der Waals surface area contributed by atoms with Gasteiger partial charge in [0.15, 0.2) is 11.6 Å². The van der Waals surface area contributed by atoms with Crippen LogP contribution in [0.25, 0.3) is 22.4 Å². The molecule has 0 saturated carbocycles. The Labute approximate surface area is 248 Å². The van der Waals surface area contributed by atoms with Crippen molar-refractivity contribution in [2.45, 2.75) is 65.7 Å². The smallest absolute Gasteiger partial charge is 0.416 e. The monoisotopic (exact) mass is 588 g/mol. The van der Waals surface area contributed by atoms with Crippen molar-refractivity contribution >= 4 is 42.4 Å². The Morgan fingerprint density at radius 1 is 1.10 bits per heavy atom. The first-order valence-electron chi connectivity index (χ1n) is 14.3. The van der Waals surface area contributed by atoms with E-state index in [1.54, 1.807) is 6.20 Å². The first-order chi connectivity index (χ1) is 19.9. The van der Waals surface area contributed by atoms with Crippen LogP contribution >= 0.6 is 0 Å². The van der Waals surface area contributed by atoms with Crippen LogP contribution in [-0.2, 0) is 16.2 Å². The fourth-order valence-electron chi connectivity index (χ4n) is 4.58. The minimum atomic E-state index is -1.17. The SMILES string of the molecule is Cc1cccc(-c2cc(Nc3ccnc4c3ccn4COCC[Si-](C)(C)C)c3c(n2)N(C(=O)OC(C)(C)C)CCO3)n1. The number of carbonyl (C=O) groups is 1. The normalized spacial score (nSPS) is 13.5. The van der Waals surface area contributed by atoms with Crippen molar-refractivity contribution in [3.8, 4) is 17.1 Å². The quantitative estimate of drug-likeness (QED) is 0.173. The van der Waals surface area contributed by atoms with E-state index in [1.165, 1.54) is 4.90 Å². The minimum absolute atomic E-state index is 0.307. The lowest BCUT2D eigenvalue weighted by atomic mass is 10.1. The Hall–Kier alpha value is -3.96. The van der Waals surface area contributed by atoms with Gasteiger partial charge in [-0.1, -0.05) is 6.07 Å². The maximum atomic E-state index is 13.2. The number of amides is 1. The zero-order valence-electron chi connectivity index (χ0n) is 25.5. The minimum Gasteiger partial charge on any atom is -0.486 e. The van der Waals surface area contributed by atoms with Crippen molar-refractivity contribution in [2.75, 3.05) is 30.0 Å². The summed E-state index contributed by atoms with van der Waals surface area (Å²) in [6.45, 7) is 16.3. The van der Waals surface area contributed by atoms with Crippen molar-refractivity contribution < 1.29 is 19.0 Å². The summed E-state index contributed by atoms with van der Waals surface area (Å²) in [7, 11) is -1.17. The summed E-state index contributed by atoms with van der Waals surface area (Å²) in [5.74, 6) is 0.861. The highest BCUT2D eigenvalue weighted by molar-refractivity contribution is 6.76. The number of nitrogens with zero attached hydrogens (tertiary/aromatic N) is 5. The highest BCUT2D eigenvalue weighted by Gasteiger charge is 2.32. The number of hydrogen-bond donors (Lipinski definition) is 1. The van der Waals surface area contributed by atoms with Gasteiger partial charge in [-0.2, -0.15) is 19.6 Å². The number of nitrogens with one attached hydrogen (secondary N) is 1. The molecule has 1 amide bonds. The first kappa shape index (κ1) is 29.5. The van der Waals surface area contributed by atoms with E-state index in [2.05, 4.69) is 34.9 Å². The molecule has 11 heteroatoms. The van der Waals surface area contributed by atoms with E-state index in [0.717, 1.165) is 35.1 Å². The molecule has 0 saturated heterocycles. The van der Waals surface area contributed by atoms with Crippen LogP contribution in [-0.4, -0.2) is 59.0 Å². The second-order valence-corrected chi connectivity index (χ2v) is 18.3. The van der Waals surface area contributed by atoms with Crippen LogP contribution in [0.1, 0.15) is 26.5 Å². The number of aryl methyl sites for hydroxylation is 1. The Kier molecular flexibility index (Phi) is 8.25. The summed E-state index contributed by atoms with van der Waals surface area (Å²) < 4.78 is 19.8. The predicted octanol–water partition coefficient (Wildman–Crippen LogP) is 6.99. The topological polar surface area (TPSA) is 104 Å². The molecular formula is C31H40N6O4Si-. The molecule has 1 aliphatic rings. The molecule has 4 aromatic rings. The molecule has 0 aromatic carbocycles. The summed E-state index contributed by atoms with van der Waals surface area (Å²) in [4.78, 5) is 28.9. The molecule has 0 unspecified atom stereocenters. The summed E-state index contributed by atoms with van der Waals surface area (Å²) >= 11 is 0. The van der Waals surface area contributed by atoms with E-state index in [4.69, 9.17) is 19.2 Å². The van der Waals surface area contributed by atoms with E-state index < -0.39 is 19.8 Å². The van der Waals surface area contributed by atoms with E-state index in [-0.39, 0.29) is 0 Å². The molecule has 0 radical (unpaired) electrons. The Balaban J connectivity index is 1.52. The van der Waals surface area contributed by atoms with Gasteiger partial charge in [-0.15, -0.1) is 14.1 Å². The average molecular weight is 589 g/mol. The third-order valence-electron chi connectivity index (χ3n) is 6.70. The van der Waals surface area contributed by atoms with Gasteiger partial charge in [0.1, 0.15) is 24.6 Å². The molecule has 1 aliphatic heterocycles. The van der Waals surface area contributed by atoms with Gasteiger partial charge in [-0.05, 0) is 58.0 Å². The van der Waals surface area contributed by atoms with Crippen LogP contribution < -0.4 is 15.0 Å². The number of ether oxygens (including phenoxy) is 3. The molecular weight excluding hydrogens is 548 g/mol. The van der Waals surface area contributed by atoms with Gasteiger partial charge < -0.3 is 24.1 Å². The number of hydrogen-bond acceptors (Lipinski definition) is 8. The van der Waals surface area contributed by atoms with Gasteiger partial charge in [0.2, 0.25) is 0 Å². The van der Waals surface area contributed by atoms with Crippen LogP contribution in [0, 0.1) is 6.92 Å². The number of rotatable bonds is 8. The van der Waals surface area contributed by atoms with Crippen LogP contribution in [0.4, 0.5) is 22.0 Å². The predicted molar refractivity (Wildman–Crippen MR) is 168 cm³/mol. The molecule has 5 heterocycles. The van der Waals surface area contributed by atoms with Crippen LogP contribution in [0.2, 0.25) is 25.7 Å². The van der Waals surface area contributed by atoms with Gasteiger partial charge in [0.05, 0.1) is 29.3 Å². The Morgan fingerprint density at radius 2 is 1.90 bits per heavy atom. The largest absolute Gasteiger partial charge is 0.486 e. The molecule has 0 spiro atoms. The zero-order chi connectivity index (χ0) is 30.1. The lowest BCUT2D eigenvalue weighted by Gasteiger charge is -2.32. The number of carbonyl (C=O) groups excluding carboxylic acids is 1. The first-order valence-corrected chi connectivity index (χ1v) is 18.0. The highest BCUT2D eigenvalue weighted by atomic mass is 28.3. The molecule has 1 N–H and O–H groups in total. The lowest BCUT2D eigenvalue weighted by Crippen LogP contribution is -2.42. The second kappa shape index (κ2) is 11.7. The molecule has 0 atom stereocenters. The van der Waals surface area contributed by atoms with Crippen molar-refractivity contribution in [1.82, 2.24) is 19.5 Å². The fourth-order valence-corrected chi connectivity index (χ4v) is 5.34. The Bertz CT molecular complexity index is 1590. The maximum absolute atomic E-state index is 13.2. The molecule has 0 bridgehead atoms. The molecule has 0 fully saturated rings. The zero-order valence-corrected chi connectivity index (χ0v) is 26.5. The Morgan fingerprint density at radius 3 is 2.64 bits per heavy atom. The fraction of sp³-hybridized carbons (Fsp3) is 0.419. The van der Waals surface area contributed by atoms with Crippen molar-refractivity contribution in [3.63, 3.8) is 0 Å². The summed E-state index contributed by atoms with van der Waals surface area (Å²) in [6, 6.07) is 12.7. The molecule has 5 rings (SSSR count). The average Bonchev–Trinajstić information content (AvgIpc) is 3.33. The van der Waals surface area contributed by atoms with Gasteiger partial charge in [-0.25, -0.2) is 14.8 Å². The molecule has 42 heavy (non-hydrogen) atoms. The summed E-state index contributed by atoms with van der Waals surface area (Å²) in [5, 5.41) is 4.48. The summed E-state index contributed by atoms with van der Waals surface area (Å²) in [5.41, 5.74) is 3.84. The van der Waals surface area contributed by atoms with Crippen molar-refractivity contribution in [3.05, 3.63) is 54.5 Å². The number of anilines is 3. The third-order valence-corrected chi connectivity index (χ3v) is 8.40. The van der Waals surface area contributed by atoms with Crippen LogP contribution in [0.5, 0.6) is 5.75 Å². The summed E-state index contributed by atoms with van der Waals surface area (Å²) in [6.07, 6.45) is 3.29. The number of pyridine rings is 3. The van der Waals surface area contributed by atoms with Gasteiger partial charge in [-0.3, -0.25) is 9.88 Å². The van der Waals surface area contributed by atoms with E-state index in [1.807, 2.05) is 74.9 Å². The van der Waals surface area contributed by atoms with Crippen molar-refractivity contribution in [2.24, 2.45) is 0 Å². The lowest BCUT2D eigenvalue weighted by molar-refractivity contribution is 0.0566. The van der Waals surface area contributed by atoms with Crippen molar-refractivity contribution in [1.29, 1.82) is 0 Å². The highest BCUT2D eigenvalue weighted by Crippen LogP contribution is 2.42. The molecule has 4 aromatic heterocycles. The van der Waals surface area contributed by atoms with Gasteiger partial charge in [0.25, 0.3) is 0 Å². The molecule has 223 valence electrons. The van der Waals surface area contributed by atoms with E-state index in [0.29, 0.717) is 48.5 Å². The second-order valence-electron chi connectivity index (χ2n) is 12.7. The van der Waals surface area contributed by atoms with Crippen LogP contribution in [0.3, 0.4) is 0 Å². The van der Waals surface area contributed by atoms with Crippen LogP contribution in [0.15, 0.2) is 48.8 Å². The molecule has 10 nitrogen and oxygen atoms in total. The van der Waals surface area contributed by atoms with E-state index in [9.17, 15) is 4.79 Å². The van der Waals surface area contributed by atoms with Gasteiger partial charge >= 0.3 is 6.09 Å². The molecule has 0 aliphatic carbocycles. The third kappa shape index (κ3) is 6.91. The number of fused-ring (bicyclic) bond motifs is 2. The van der Waals surface area contributed by atoms with Gasteiger partial charge in [0, 0.05) is 30.1 Å². The van der Waals surface area contributed by atoms with E-state index >= 15 is 0 Å². The number of aromatic nitrogens is 4. The maximum Gasteiger partial charge on any atom is 0.416 e.